The summed E-state index contributed by atoms with van der Waals surface area (Å²) in [5, 5.41) is 10.4. The van der Waals surface area contributed by atoms with Crippen LogP contribution in [0.5, 0.6) is 0 Å². The fourth-order valence-corrected chi connectivity index (χ4v) is 3.19. The predicted octanol–water partition coefficient (Wildman–Crippen LogP) is 3.68. The number of aryl methyl sites for hydroxylation is 1. The van der Waals surface area contributed by atoms with E-state index in [4.69, 9.17) is 4.42 Å². The number of hydrogen-bond donors (Lipinski definition) is 1. The van der Waals surface area contributed by atoms with Crippen molar-refractivity contribution in [2.75, 3.05) is 6.54 Å². The fraction of sp³-hybridized carbons (Fsp3) is 0.444. The van der Waals surface area contributed by atoms with Gasteiger partial charge in [-0.1, -0.05) is 30.3 Å². The molecule has 0 aliphatic carbocycles. The third kappa shape index (κ3) is 3.36. The number of furan rings is 1. The number of nitrogens with zero attached hydrogens (tertiary/aromatic N) is 1. The van der Waals surface area contributed by atoms with Gasteiger partial charge in [0.2, 0.25) is 0 Å². The summed E-state index contributed by atoms with van der Waals surface area (Å²) in [6.07, 6.45) is 4.53. The van der Waals surface area contributed by atoms with Gasteiger partial charge in [-0.15, -0.1) is 0 Å². The minimum absolute atomic E-state index is 0.380. The summed E-state index contributed by atoms with van der Waals surface area (Å²) in [7, 11) is 0. The van der Waals surface area contributed by atoms with E-state index in [9.17, 15) is 5.11 Å². The molecule has 112 valence electrons. The molecule has 3 heteroatoms. The topological polar surface area (TPSA) is 36.6 Å². The largest absolute Gasteiger partial charge is 0.468 e. The van der Waals surface area contributed by atoms with Crippen molar-refractivity contribution >= 4 is 0 Å². The van der Waals surface area contributed by atoms with Crippen molar-refractivity contribution in [1.82, 2.24) is 4.90 Å². The van der Waals surface area contributed by atoms with Crippen LogP contribution in [0.15, 0.2) is 47.1 Å². The van der Waals surface area contributed by atoms with Crippen LogP contribution >= 0.6 is 0 Å². The minimum Gasteiger partial charge on any atom is -0.468 e. The molecule has 2 atom stereocenters. The van der Waals surface area contributed by atoms with Crippen molar-refractivity contribution in [3.8, 4) is 0 Å². The molecule has 2 unspecified atom stereocenters. The highest BCUT2D eigenvalue weighted by molar-refractivity contribution is 5.18. The van der Waals surface area contributed by atoms with Gasteiger partial charge >= 0.3 is 0 Å². The van der Waals surface area contributed by atoms with Gasteiger partial charge in [0.15, 0.2) is 0 Å². The zero-order valence-electron chi connectivity index (χ0n) is 12.5. The van der Waals surface area contributed by atoms with Gasteiger partial charge in [-0.05, 0) is 49.9 Å². The molecular weight excluding hydrogens is 262 g/mol. The highest BCUT2D eigenvalue weighted by Gasteiger charge is 2.28. The first-order valence-electron chi connectivity index (χ1n) is 7.74. The normalized spacial score (nSPS) is 20.8. The van der Waals surface area contributed by atoms with Crippen molar-refractivity contribution in [2.45, 2.75) is 44.9 Å². The maximum absolute atomic E-state index is 10.4. The number of aliphatic hydroxyl groups excluding tert-OH is 1. The van der Waals surface area contributed by atoms with Crippen LogP contribution in [0.1, 0.15) is 42.3 Å². The zero-order chi connectivity index (χ0) is 14.7. The lowest BCUT2D eigenvalue weighted by Gasteiger charge is -2.26. The molecule has 3 rings (SSSR count). The Labute approximate surface area is 126 Å². The second-order valence-corrected chi connectivity index (χ2v) is 5.96. The average molecular weight is 285 g/mol. The number of benzene rings is 1. The summed E-state index contributed by atoms with van der Waals surface area (Å²) < 4.78 is 5.56. The molecule has 1 aromatic heterocycles. The Morgan fingerprint density at radius 2 is 2.10 bits per heavy atom. The van der Waals surface area contributed by atoms with Crippen molar-refractivity contribution in [3.63, 3.8) is 0 Å². The molecule has 1 aromatic carbocycles. The van der Waals surface area contributed by atoms with Gasteiger partial charge in [-0.25, -0.2) is 0 Å². The second kappa shape index (κ2) is 6.46. The fourth-order valence-electron chi connectivity index (χ4n) is 3.19. The third-order valence-corrected chi connectivity index (χ3v) is 4.49. The number of aliphatic hydroxyl groups is 1. The van der Waals surface area contributed by atoms with Crippen LogP contribution in [0, 0.1) is 6.92 Å². The summed E-state index contributed by atoms with van der Waals surface area (Å²) in [5.74, 6) is 1.05. The molecule has 1 aliphatic heterocycles. The van der Waals surface area contributed by atoms with Crippen LogP contribution in [-0.4, -0.2) is 22.6 Å². The Morgan fingerprint density at radius 1 is 1.29 bits per heavy atom. The molecule has 0 saturated carbocycles. The van der Waals surface area contributed by atoms with Gasteiger partial charge in [0.1, 0.15) is 5.76 Å². The van der Waals surface area contributed by atoms with E-state index in [0.717, 1.165) is 37.3 Å². The number of hydrogen-bond acceptors (Lipinski definition) is 3. The van der Waals surface area contributed by atoms with Crippen molar-refractivity contribution in [2.24, 2.45) is 0 Å². The van der Waals surface area contributed by atoms with E-state index in [2.05, 4.69) is 11.8 Å². The second-order valence-electron chi connectivity index (χ2n) is 5.96. The monoisotopic (exact) mass is 285 g/mol. The summed E-state index contributed by atoms with van der Waals surface area (Å²) in [6, 6.07) is 12.4. The van der Waals surface area contributed by atoms with Gasteiger partial charge in [0, 0.05) is 6.04 Å². The van der Waals surface area contributed by atoms with Crippen molar-refractivity contribution in [1.29, 1.82) is 0 Å². The zero-order valence-corrected chi connectivity index (χ0v) is 12.5. The quantitative estimate of drug-likeness (QED) is 0.910. The Balaban J connectivity index is 1.63. The van der Waals surface area contributed by atoms with Crippen LogP contribution in [0.3, 0.4) is 0 Å². The molecule has 1 saturated heterocycles. The molecule has 2 heterocycles. The van der Waals surface area contributed by atoms with E-state index in [1.807, 2.05) is 36.4 Å². The summed E-state index contributed by atoms with van der Waals surface area (Å²) in [5.41, 5.74) is 2.22. The maximum Gasteiger partial charge on any atom is 0.120 e. The molecule has 0 bridgehead atoms. The molecule has 0 spiro atoms. The SMILES string of the molecule is Cc1ccoc1CN1CCCC1CC(O)c1ccccc1. The third-order valence-electron chi connectivity index (χ3n) is 4.49. The molecule has 3 nitrogen and oxygen atoms in total. The van der Waals surface area contributed by atoms with Gasteiger partial charge in [-0.3, -0.25) is 4.90 Å². The number of likely N-dealkylation sites (tertiary alicyclic amines) is 1. The Kier molecular flexibility index (Phi) is 4.42. The van der Waals surface area contributed by atoms with Crippen LogP contribution in [0.2, 0.25) is 0 Å². The standard InChI is InChI=1S/C18H23NO2/c1-14-9-11-21-18(14)13-19-10-5-8-16(19)12-17(20)15-6-3-2-4-7-15/h2-4,6-7,9,11,16-17,20H,5,8,10,12-13H2,1H3. The smallest absolute Gasteiger partial charge is 0.120 e. The summed E-state index contributed by atoms with van der Waals surface area (Å²) >= 11 is 0. The predicted molar refractivity (Wildman–Crippen MR) is 82.9 cm³/mol. The first-order valence-corrected chi connectivity index (χ1v) is 7.74. The molecule has 1 fully saturated rings. The van der Waals surface area contributed by atoms with Crippen LogP contribution < -0.4 is 0 Å². The minimum atomic E-state index is -0.380. The molecule has 21 heavy (non-hydrogen) atoms. The van der Waals surface area contributed by atoms with E-state index in [0.29, 0.717) is 6.04 Å². The van der Waals surface area contributed by atoms with Gasteiger partial charge < -0.3 is 9.52 Å². The molecule has 1 N–H and O–H groups in total. The molecule has 0 radical (unpaired) electrons. The highest BCUT2D eigenvalue weighted by atomic mass is 16.3. The van der Waals surface area contributed by atoms with Crippen molar-refractivity contribution < 1.29 is 9.52 Å². The Hall–Kier alpha value is -1.58. The maximum atomic E-state index is 10.4. The van der Waals surface area contributed by atoms with Gasteiger partial charge in [-0.2, -0.15) is 0 Å². The lowest BCUT2D eigenvalue weighted by Crippen LogP contribution is -2.30. The average Bonchev–Trinajstić information content (AvgIpc) is 3.11. The van der Waals surface area contributed by atoms with E-state index < -0.39 is 0 Å². The first kappa shape index (κ1) is 14.4. The number of rotatable bonds is 5. The van der Waals surface area contributed by atoms with Crippen LogP contribution in [-0.2, 0) is 6.54 Å². The van der Waals surface area contributed by atoms with Crippen molar-refractivity contribution in [3.05, 3.63) is 59.5 Å². The summed E-state index contributed by atoms with van der Waals surface area (Å²) in [6.45, 7) is 4.03. The van der Waals surface area contributed by atoms with E-state index >= 15 is 0 Å². The molecule has 0 amide bonds. The van der Waals surface area contributed by atoms with Crippen LogP contribution in [0.4, 0.5) is 0 Å². The van der Waals surface area contributed by atoms with E-state index in [1.54, 1.807) is 6.26 Å². The Morgan fingerprint density at radius 3 is 2.81 bits per heavy atom. The van der Waals surface area contributed by atoms with Gasteiger partial charge in [0.05, 0.1) is 18.9 Å². The first-order chi connectivity index (χ1) is 10.2. The summed E-state index contributed by atoms with van der Waals surface area (Å²) in [4.78, 5) is 2.44. The highest BCUT2D eigenvalue weighted by Crippen LogP contribution is 2.29. The molecule has 2 aromatic rings. The van der Waals surface area contributed by atoms with Crippen LogP contribution in [0.25, 0.3) is 0 Å². The molecule has 1 aliphatic rings. The van der Waals surface area contributed by atoms with E-state index in [1.165, 1.54) is 12.0 Å². The molecular formula is C18H23NO2. The lowest BCUT2D eigenvalue weighted by molar-refractivity contribution is 0.114. The Bertz CT molecular complexity index is 564. The van der Waals surface area contributed by atoms with E-state index in [-0.39, 0.29) is 6.10 Å². The van der Waals surface area contributed by atoms with Gasteiger partial charge in [0.25, 0.3) is 0 Å². The lowest BCUT2D eigenvalue weighted by atomic mass is 10.0.